The molecule has 0 radical (unpaired) electrons. The average molecular weight is 177 g/mol. The monoisotopic (exact) mass is 177 g/mol. The summed E-state index contributed by atoms with van der Waals surface area (Å²) in [7, 11) is 0. The Bertz CT molecular complexity index is 292. The maximum absolute atomic E-state index is 5.76. The number of pyridine rings is 1. The molecule has 1 aromatic heterocycles. The lowest BCUT2D eigenvalue weighted by Gasteiger charge is -2.12. The van der Waals surface area contributed by atoms with E-state index in [1.165, 1.54) is 18.4 Å². The van der Waals surface area contributed by atoms with E-state index in [-0.39, 0.29) is 0 Å². The summed E-state index contributed by atoms with van der Waals surface area (Å²) < 4.78 is 5.76. The van der Waals surface area contributed by atoms with Crippen molar-refractivity contribution in [3.05, 3.63) is 24.0 Å². The van der Waals surface area contributed by atoms with E-state index >= 15 is 0 Å². The van der Waals surface area contributed by atoms with Gasteiger partial charge < -0.3 is 4.74 Å². The van der Waals surface area contributed by atoms with Gasteiger partial charge in [-0.25, -0.2) is 0 Å². The molecule has 0 amide bonds. The quantitative estimate of drug-likeness (QED) is 0.708. The van der Waals surface area contributed by atoms with Crippen LogP contribution >= 0.6 is 0 Å². The van der Waals surface area contributed by atoms with Gasteiger partial charge >= 0.3 is 0 Å². The first kappa shape index (κ1) is 8.54. The largest absolute Gasteiger partial charge is 0.489 e. The molecule has 2 nitrogen and oxygen atoms in total. The smallest absolute Gasteiger partial charge is 0.141 e. The normalized spacial score (nSPS) is 16.2. The van der Waals surface area contributed by atoms with Crippen LogP contribution in [0.3, 0.4) is 0 Å². The van der Waals surface area contributed by atoms with E-state index in [9.17, 15) is 0 Å². The number of rotatable bonds is 3. The second-order valence-electron chi connectivity index (χ2n) is 3.89. The average Bonchev–Trinajstić information content (AvgIpc) is 2.89. The van der Waals surface area contributed by atoms with Gasteiger partial charge in [0.1, 0.15) is 5.75 Å². The summed E-state index contributed by atoms with van der Waals surface area (Å²) in [5, 5.41) is 0. The van der Waals surface area contributed by atoms with Crippen LogP contribution in [-0.4, -0.2) is 11.1 Å². The van der Waals surface area contributed by atoms with Crippen molar-refractivity contribution in [3.8, 4) is 5.75 Å². The lowest BCUT2D eigenvalue weighted by Crippen LogP contribution is -2.01. The number of ether oxygens (including phenoxy) is 1. The van der Waals surface area contributed by atoms with Crippen LogP contribution in [0.5, 0.6) is 5.75 Å². The molecule has 1 fully saturated rings. The summed E-state index contributed by atoms with van der Waals surface area (Å²) in [5.41, 5.74) is 1.27. The van der Waals surface area contributed by atoms with Crippen molar-refractivity contribution in [1.82, 2.24) is 4.98 Å². The van der Waals surface area contributed by atoms with Crippen LogP contribution in [0, 0.1) is 0 Å². The SMILES string of the molecule is CC(C)c1ccncc1OC1CC1. The van der Waals surface area contributed by atoms with Crippen LogP contribution in [0.15, 0.2) is 18.5 Å². The molecule has 70 valence electrons. The van der Waals surface area contributed by atoms with Crippen molar-refractivity contribution in [3.63, 3.8) is 0 Å². The molecule has 13 heavy (non-hydrogen) atoms. The molecular formula is C11H15NO. The lowest BCUT2D eigenvalue weighted by molar-refractivity contribution is 0.297. The summed E-state index contributed by atoms with van der Waals surface area (Å²) in [6, 6.07) is 2.04. The summed E-state index contributed by atoms with van der Waals surface area (Å²) in [4.78, 5) is 4.08. The fraction of sp³-hybridized carbons (Fsp3) is 0.545. The molecule has 0 N–H and O–H groups in total. The van der Waals surface area contributed by atoms with Gasteiger partial charge in [-0.15, -0.1) is 0 Å². The van der Waals surface area contributed by atoms with Crippen LogP contribution in [0.2, 0.25) is 0 Å². The molecule has 1 aliphatic carbocycles. The van der Waals surface area contributed by atoms with Gasteiger partial charge in [-0.3, -0.25) is 4.98 Å². The van der Waals surface area contributed by atoms with Crippen LogP contribution in [0.1, 0.15) is 38.2 Å². The maximum atomic E-state index is 5.76. The van der Waals surface area contributed by atoms with E-state index in [1.807, 2.05) is 18.5 Å². The number of aromatic nitrogens is 1. The summed E-state index contributed by atoms with van der Waals surface area (Å²) in [6.07, 6.45) is 6.52. The molecule has 0 unspecified atom stereocenters. The van der Waals surface area contributed by atoms with Gasteiger partial charge in [0.2, 0.25) is 0 Å². The zero-order valence-corrected chi connectivity index (χ0v) is 8.16. The van der Waals surface area contributed by atoms with Crippen molar-refractivity contribution in [2.24, 2.45) is 0 Å². The molecule has 1 aromatic rings. The Morgan fingerprint density at radius 1 is 1.46 bits per heavy atom. The van der Waals surface area contributed by atoms with Gasteiger partial charge in [0, 0.05) is 6.20 Å². The minimum Gasteiger partial charge on any atom is -0.489 e. The number of hydrogen-bond donors (Lipinski definition) is 0. The van der Waals surface area contributed by atoms with E-state index in [1.54, 1.807) is 0 Å². The maximum Gasteiger partial charge on any atom is 0.141 e. The van der Waals surface area contributed by atoms with Crippen molar-refractivity contribution >= 4 is 0 Å². The van der Waals surface area contributed by atoms with E-state index in [0.29, 0.717) is 12.0 Å². The van der Waals surface area contributed by atoms with Crippen molar-refractivity contribution in [2.75, 3.05) is 0 Å². The lowest BCUT2D eigenvalue weighted by atomic mass is 10.0. The zero-order valence-electron chi connectivity index (χ0n) is 8.16. The molecule has 0 bridgehead atoms. The first-order valence-corrected chi connectivity index (χ1v) is 4.88. The molecule has 1 aliphatic rings. The molecule has 0 saturated heterocycles. The van der Waals surface area contributed by atoms with Crippen LogP contribution in [0.4, 0.5) is 0 Å². The highest BCUT2D eigenvalue weighted by Gasteiger charge is 2.24. The first-order chi connectivity index (χ1) is 6.27. The molecule has 2 rings (SSSR count). The minimum atomic E-state index is 0.460. The highest BCUT2D eigenvalue weighted by atomic mass is 16.5. The second-order valence-corrected chi connectivity index (χ2v) is 3.89. The predicted octanol–water partition coefficient (Wildman–Crippen LogP) is 2.75. The third-order valence-electron chi connectivity index (χ3n) is 2.26. The number of nitrogens with zero attached hydrogens (tertiary/aromatic N) is 1. The van der Waals surface area contributed by atoms with E-state index in [4.69, 9.17) is 4.74 Å². The third-order valence-corrected chi connectivity index (χ3v) is 2.26. The highest BCUT2D eigenvalue weighted by molar-refractivity contribution is 5.32. The van der Waals surface area contributed by atoms with E-state index in [0.717, 1.165) is 5.75 Å². The first-order valence-electron chi connectivity index (χ1n) is 4.88. The Kier molecular flexibility index (Phi) is 2.21. The predicted molar refractivity (Wildman–Crippen MR) is 52.0 cm³/mol. The van der Waals surface area contributed by atoms with Gasteiger partial charge in [-0.2, -0.15) is 0 Å². The van der Waals surface area contributed by atoms with Crippen LogP contribution in [0.25, 0.3) is 0 Å². The Balaban J connectivity index is 2.20. The molecule has 0 aromatic carbocycles. The Morgan fingerprint density at radius 2 is 2.23 bits per heavy atom. The van der Waals surface area contributed by atoms with E-state index < -0.39 is 0 Å². The number of hydrogen-bond acceptors (Lipinski definition) is 2. The topological polar surface area (TPSA) is 22.1 Å². The van der Waals surface area contributed by atoms with Gasteiger partial charge in [-0.05, 0) is 30.4 Å². The minimum absolute atomic E-state index is 0.460. The van der Waals surface area contributed by atoms with E-state index in [2.05, 4.69) is 18.8 Å². The van der Waals surface area contributed by atoms with Crippen molar-refractivity contribution in [2.45, 2.75) is 38.7 Å². The van der Waals surface area contributed by atoms with Gasteiger partial charge in [0.15, 0.2) is 0 Å². The third kappa shape index (κ3) is 2.00. The molecule has 0 atom stereocenters. The summed E-state index contributed by atoms with van der Waals surface area (Å²) in [5.74, 6) is 1.48. The summed E-state index contributed by atoms with van der Waals surface area (Å²) in [6.45, 7) is 4.35. The van der Waals surface area contributed by atoms with Crippen LogP contribution < -0.4 is 4.74 Å². The van der Waals surface area contributed by atoms with Crippen molar-refractivity contribution in [1.29, 1.82) is 0 Å². The fourth-order valence-corrected chi connectivity index (χ4v) is 1.33. The summed E-state index contributed by atoms with van der Waals surface area (Å²) >= 11 is 0. The molecule has 0 aliphatic heterocycles. The van der Waals surface area contributed by atoms with Gasteiger partial charge in [-0.1, -0.05) is 13.8 Å². The molecule has 1 heterocycles. The Morgan fingerprint density at radius 3 is 2.85 bits per heavy atom. The second kappa shape index (κ2) is 3.36. The Hall–Kier alpha value is -1.05. The fourth-order valence-electron chi connectivity index (χ4n) is 1.33. The molecule has 1 saturated carbocycles. The van der Waals surface area contributed by atoms with Gasteiger partial charge in [0.05, 0.1) is 12.3 Å². The van der Waals surface area contributed by atoms with Crippen molar-refractivity contribution < 1.29 is 4.74 Å². The molecule has 0 spiro atoms. The highest BCUT2D eigenvalue weighted by Crippen LogP contribution is 2.31. The molecular weight excluding hydrogens is 162 g/mol. The standard InChI is InChI=1S/C11H15NO/c1-8(2)10-5-6-12-7-11(10)13-9-3-4-9/h5-9H,3-4H2,1-2H3. The Labute approximate surface area is 78.9 Å². The van der Waals surface area contributed by atoms with Crippen LogP contribution in [-0.2, 0) is 0 Å². The van der Waals surface area contributed by atoms with Gasteiger partial charge in [0.25, 0.3) is 0 Å². The zero-order chi connectivity index (χ0) is 9.26. The molecule has 2 heteroatoms.